The summed E-state index contributed by atoms with van der Waals surface area (Å²) in [6.45, 7) is 7.17. The predicted molar refractivity (Wildman–Crippen MR) is 76.9 cm³/mol. The van der Waals surface area contributed by atoms with E-state index in [1.165, 1.54) is 12.1 Å². The molecule has 0 aliphatic carbocycles. The lowest BCUT2D eigenvalue weighted by Crippen LogP contribution is -2.15. The van der Waals surface area contributed by atoms with Crippen molar-refractivity contribution in [3.05, 3.63) is 18.2 Å². The largest absolute Gasteiger partial charge is 0.495 e. The van der Waals surface area contributed by atoms with Crippen LogP contribution in [0.15, 0.2) is 23.1 Å². The number of nitrogens with one attached hydrogen (secondary N) is 1. The van der Waals surface area contributed by atoms with E-state index < -0.39 is 10.0 Å². The number of methoxy groups -OCH3 is 1. The van der Waals surface area contributed by atoms with Crippen LogP contribution < -0.4 is 15.2 Å². The molecule has 0 fully saturated rings. The van der Waals surface area contributed by atoms with Crippen molar-refractivity contribution in [2.24, 2.45) is 10.6 Å². The summed E-state index contributed by atoms with van der Waals surface area (Å²) in [5.74, 6) is 0.598. The van der Waals surface area contributed by atoms with E-state index in [1.54, 1.807) is 13.2 Å². The van der Waals surface area contributed by atoms with E-state index in [-0.39, 0.29) is 10.3 Å². The number of rotatable bonds is 5. The highest BCUT2D eigenvalue weighted by Crippen LogP contribution is 2.28. The van der Waals surface area contributed by atoms with Crippen LogP contribution in [0.25, 0.3) is 0 Å². The molecule has 0 heterocycles. The van der Waals surface area contributed by atoms with Gasteiger partial charge in [-0.3, -0.25) is 0 Å². The lowest BCUT2D eigenvalue weighted by Gasteiger charge is -2.19. The van der Waals surface area contributed by atoms with Crippen molar-refractivity contribution in [3.8, 4) is 5.75 Å². The Morgan fingerprint density at radius 3 is 2.42 bits per heavy atom. The zero-order valence-corrected chi connectivity index (χ0v) is 12.7. The summed E-state index contributed by atoms with van der Waals surface area (Å²) in [6.07, 6.45) is 0.954. The monoisotopic (exact) mass is 286 g/mol. The Hall–Kier alpha value is -1.27. The first-order valence-corrected chi connectivity index (χ1v) is 7.63. The number of hydrogen-bond acceptors (Lipinski definition) is 4. The minimum Gasteiger partial charge on any atom is -0.495 e. The summed E-state index contributed by atoms with van der Waals surface area (Å²) in [5.41, 5.74) is 0.843. The fraction of sp³-hybridized carbons (Fsp3) is 0.538. The molecule has 0 radical (unpaired) electrons. The molecular weight excluding hydrogens is 264 g/mol. The van der Waals surface area contributed by atoms with Crippen LogP contribution in [0.5, 0.6) is 5.75 Å². The molecule has 0 saturated carbocycles. The number of benzene rings is 1. The zero-order valence-electron chi connectivity index (χ0n) is 11.9. The SMILES string of the molecule is COc1ccc(S(N)(=O)=O)cc1NCCC(C)(C)C. The van der Waals surface area contributed by atoms with Gasteiger partial charge in [-0.05, 0) is 30.0 Å². The first kappa shape index (κ1) is 15.8. The molecule has 6 heteroatoms. The number of hydrogen-bond donors (Lipinski definition) is 2. The summed E-state index contributed by atoms with van der Waals surface area (Å²) < 4.78 is 27.9. The highest BCUT2D eigenvalue weighted by atomic mass is 32.2. The lowest BCUT2D eigenvalue weighted by molar-refractivity contribution is 0.388. The second-order valence-corrected chi connectivity index (χ2v) is 7.21. The predicted octanol–water partition coefficient (Wildman–Crippen LogP) is 2.19. The average molecular weight is 286 g/mol. The van der Waals surface area contributed by atoms with Crippen molar-refractivity contribution in [2.45, 2.75) is 32.1 Å². The minimum absolute atomic E-state index is 0.0755. The number of ether oxygens (including phenoxy) is 1. The Labute approximate surface area is 115 Å². The fourth-order valence-corrected chi connectivity index (χ4v) is 2.11. The second kappa shape index (κ2) is 5.79. The van der Waals surface area contributed by atoms with E-state index in [0.29, 0.717) is 11.4 Å². The highest BCUT2D eigenvalue weighted by Gasteiger charge is 2.13. The molecule has 1 rings (SSSR count). The van der Waals surface area contributed by atoms with E-state index in [2.05, 4.69) is 26.1 Å². The van der Waals surface area contributed by atoms with Crippen LogP contribution in [0.2, 0.25) is 0 Å². The van der Waals surface area contributed by atoms with Gasteiger partial charge in [0.25, 0.3) is 0 Å². The highest BCUT2D eigenvalue weighted by molar-refractivity contribution is 7.89. The number of anilines is 1. The molecular formula is C13H22N2O3S. The summed E-state index contributed by atoms with van der Waals surface area (Å²) in [4.78, 5) is 0.0755. The van der Waals surface area contributed by atoms with E-state index in [9.17, 15) is 8.42 Å². The summed E-state index contributed by atoms with van der Waals surface area (Å²) in [6, 6.07) is 4.53. The molecule has 0 unspecified atom stereocenters. The van der Waals surface area contributed by atoms with Gasteiger partial charge in [0.2, 0.25) is 10.0 Å². The van der Waals surface area contributed by atoms with E-state index in [1.807, 2.05) is 0 Å². The van der Waals surface area contributed by atoms with Gasteiger partial charge in [0.05, 0.1) is 17.7 Å². The summed E-state index contributed by atoms with van der Waals surface area (Å²) >= 11 is 0. The van der Waals surface area contributed by atoms with Gasteiger partial charge in [-0.25, -0.2) is 13.6 Å². The maximum absolute atomic E-state index is 11.3. The van der Waals surface area contributed by atoms with Crippen LogP contribution in [-0.4, -0.2) is 22.1 Å². The van der Waals surface area contributed by atoms with Crippen LogP contribution in [0, 0.1) is 5.41 Å². The van der Waals surface area contributed by atoms with Gasteiger partial charge in [-0.1, -0.05) is 20.8 Å². The first-order chi connectivity index (χ1) is 8.63. The number of sulfonamides is 1. The average Bonchev–Trinajstić information content (AvgIpc) is 2.26. The van der Waals surface area contributed by atoms with Crippen LogP contribution in [0.4, 0.5) is 5.69 Å². The smallest absolute Gasteiger partial charge is 0.238 e. The molecule has 0 aliphatic rings. The third kappa shape index (κ3) is 5.08. The first-order valence-electron chi connectivity index (χ1n) is 6.08. The topological polar surface area (TPSA) is 81.4 Å². The summed E-state index contributed by atoms with van der Waals surface area (Å²) in [7, 11) is -2.16. The van der Waals surface area contributed by atoms with Gasteiger partial charge in [0.1, 0.15) is 5.75 Å². The van der Waals surface area contributed by atoms with E-state index >= 15 is 0 Å². The van der Waals surface area contributed by atoms with Crippen LogP contribution in [0.3, 0.4) is 0 Å². The van der Waals surface area contributed by atoms with Crippen LogP contribution in [-0.2, 0) is 10.0 Å². The normalized spacial score (nSPS) is 12.3. The third-order valence-corrected chi connectivity index (χ3v) is 3.60. The van der Waals surface area contributed by atoms with Gasteiger partial charge in [0, 0.05) is 6.54 Å². The molecule has 0 saturated heterocycles. The van der Waals surface area contributed by atoms with E-state index in [0.717, 1.165) is 13.0 Å². The molecule has 0 atom stereocenters. The molecule has 3 N–H and O–H groups in total. The van der Waals surface area contributed by atoms with Crippen LogP contribution >= 0.6 is 0 Å². The maximum Gasteiger partial charge on any atom is 0.238 e. The van der Waals surface area contributed by atoms with Crippen LogP contribution in [0.1, 0.15) is 27.2 Å². The number of nitrogens with two attached hydrogens (primary N) is 1. The Kier molecular flexibility index (Phi) is 4.81. The molecule has 19 heavy (non-hydrogen) atoms. The molecule has 0 spiro atoms. The van der Waals surface area contributed by atoms with Gasteiger partial charge < -0.3 is 10.1 Å². The molecule has 1 aromatic rings. The minimum atomic E-state index is -3.70. The van der Waals surface area contributed by atoms with Crippen molar-refractivity contribution in [1.29, 1.82) is 0 Å². The quantitative estimate of drug-likeness (QED) is 0.869. The third-order valence-electron chi connectivity index (χ3n) is 2.69. The fourth-order valence-electron chi connectivity index (χ4n) is 1.57. The Morgan fingerprint density at radius 2 is 1.95 bits per heavy atom. The van der Waals surface area contributed by atoms with Gasteiger partial charge >= 0.3 is 0 Å². The standard InChI is InChI=1S/C13H22N2O3S/c1-13(2,3)7-8-15-11-9-10(19(14,16)17)5-6-12(11)18-4/h5-6,9,15H,7-8H2,1-4H3,(H2,14,16,17). The second-order valence-electron chi connectivity index (χ2n) is 5.64. The van der Waals surface area contributed by atoms with Crippen molar-refractivity contribution < 1.29 is 13.2 Å². The molecule has 0 aliphatic heterocycles. The van der Waals surface area contributed by atoms with Gasteiger partial charge in [0.15, 0.2) is 0 Å². The Morgan fingerprint density at radius 1 is 1.32 bits per heavy atom. The van der Waals surface area contributed by atoms with Crippen molar-refractivity contribution in [2.75, 3.05) is 19.0 Å². The zero-order chi connectivity index (χ0) is 14.7. The Balaban J connectivity index is 2.91. The Bertz CT molecular complexity index is 533. The van der Waals surface area contributed by atoms with Crippen molar-refractivity contribution >= 4 is 15.7 Å². The molecule has 0 amide bonds. The van der Waals surface area contributed by atoms with Crippen molar-refractivity contribution in [1.82, 2.24) is 0 Å². The molecule has 0 bridgehead atoms. The lowest BCUT2D eigenvalue weighted by atomic mass is 9.92. The molecule has 108 valence electrons. The maximum atomic E-state index is 11.3. The molecule has 0 aromatic heterocycles. The van der Waals surface area contributed by atoms with E-state index in [4.69, 9.17) is 9.88 Å². The molecule has 5 nitrogen and oxygen atoms in total. The molecule has 1 aromatic carbocycles. The van der Waals surface area contributed by atoms with Gasteiger partial charge in [-0.15, -0.1) is 0 Å². The van der Waals surface area contributed by atoms with Crippen molar-refractivity contribution in [3.63, 3.8) is 0 Å². The summed E-state index contributed by atoms with van der Waals surface area (Å²) in [5, 5.41) is 8.31. The number of primary sulfonamides is 1. The van der Waals surface area contributed by atoms with Gasteiger partial charge in [-0.2, -0.15) is 0 Å².